The van der Waals surface area contributed by atoms with E-state index >= 15 is 0 Å². The van der Waals surface area contributed by atoms with E-state index in [0.717, 1.165) is 0 Å². The van der Waals surface area contributed by atoms with E-state index in [4.69, 9.17) is 0 Å². The summed E-state index contributed by atoms with van der Waals surface area (Å²) in [6, 6.07) is 2.25. The fourth-order valence-corrected chi connectivity index (χ4v) is 1.49. The van der Waals surface area contributed by atoms with Crippen LogP contribution < -0.4 is 10.0 Å². The molecule has 1 aromatic rings. The molecule has 1 aromatic heterocycles. The van der Waals surface area contributed by atoms with Crippen LogP contribution in [0.2, 0.25) is 0 Å². The van der Waals surface area contributed by atoms with Crippen LogP contribution in [0.25, 0.3) is 0 Å². The van der Waals surface area contributed by atoms with Crippen LogP contribution in [0, 0.1) is 0 Å². The lowest BCUT2D eigenvalue weighted by Gasteiger charge is -2.06. The SMILES string of the molecule is CCOC(=O)SNC(=O)Nc1ccc(C(=O)OC)cn1. The summed E-state index contributed by atoms with van der Waals surface area (Å²) in [6.45, 7) is 1.89. The van der Waals surface area contributed by atoms with Gasteiger partial charge in [0.25, 0.3) is 0 Å². The molecule has 8 nitrogen and oxygen atoms in total. The van der Waals surface area contributed by atoms with Gasteiger partial charge in [0.15, 0.2) is 0 Å². The van der Waals surface area contributed by atoms with Gasteiger partial charge < -0.3 is 9.47 Å². The summed E-state index contributed by atoms with van der Waals surface area (Å²) in [5.74, 6) is -0.300. The highest BCUT2D eigenvalue weighted by Gasteiger charge is 2.09. The number of hydrogen-bond acceptors (Lipinski definition) is 7. The summed E-state index contributed by atoms with van der Waals surface area (Å²) in [5, 5.41) is 1.77. The van der Waals surface area contributed by atoms with Crippen molar-refractivity contribution in [3.05, 3.63) is 23.9 Å². The van der Waals surface area contributed by atoms with E-state index in [1.54, 1.807) is 6.92 Å². The van der Waals surface area contributed by atoms with Crippen LogP contribution >= 0.6 is 11.9 Å². The molecule has 0 bridgehead atoms. The number of methoxy groups -OCH3 is 1. The molecule has 2 N–H and O–H groups in total. The molecular formula is C11H13N3O5S. The fraction of sp³-hybridized carbons (Fsp3) is 0.273. The summed E-state index contributed by atoms with van der Waals surface area (Å²) in [5.41, 5.74) is 0.263. The quantitative estimate of drug-likeness (QED) is 0.647. The van der Waals surface area contributed by atoms with Gasteiger partial charge in [-0.05, 0) is 19.1 Å². The number of urea groups is 1. The fourth-order valence-electron chi connectivity index (χ4n) is 1.08. The molecule has 1 heterocycles. The number of carbonyl (C=O) groups is 3. The number of amides is 2. The molecule has 0 aliphatic carbocycles. The van der Waals surface area contributed by atoms with Crippen molar-refractivity contribution in [1.82, 2.24) is 9.71 Å². The zero-order valence-electron chi connectivity index (χ0n) is 10.8. The highest BCUT2D eigenvalue weighted by molar-refractivity contribution is 8.12. The molecule has 0 fully saturated rings. The number of aromatic nitrogens is 1. The number of pyridine rings is 1. The summed E-state index contributed by atoms with van der Waals surface area (Å²) in [4.78, 5) is 37.4. The highest BCUT2D eigenvalue weighted by atomic mass is 32.2. The van der Waals surface area contributed by atoms with Gasteiger partial charge in [0.2, 0.25) is 0 Å². The largest absolute Gasteiger partial charge is 0.465 e. The Hall–Kier alpha value is -2.29. The van der Waals surface area contributed by atoms with Crippen molar-refractivity contribution < 1.29 is 23.9 Å². The molecule has 0 saturated carbocycles. The van der Waals surface area contributed by atoms with Gasteiger partial charge in [-0.3, -0.25) is 10.0 Å². The van der Waals surface area contributed by atoms with Gasteiger partial charge in [-0.15, -0.1) is 0 Å². The number of anilines is 1. The second kappa shape index (κ2) is 8.00. The molecule has 0 unspecified atom stereocenters. The average Bonchev–Trinajstić information content (AvgIpc) is 2.45. The van der Waals surface area contributed by atoms with E-state index in [9.17, 15) is 14.4 Å². The number of carbonyl (C=O) groups excluding carboxylic acids is 3. The van der Waals surface area contributed by atoms with E-state index in [-0.39, 0.29) is 18.0 Å². The Kier molecular flexibility index (Phi) is 6.30. The predicted molar refractivity (Wildman–Crippen MR) is 72.3 cm³/mol. The Morgan fingerprint density at radius 1 is 1.35 bits per heavy atom. The molecule has 0 aliphatic rings. The molecule has 108 valence electrons. The van der Waals surface area contributed by atoms with E-state index in [0.29, 0.717) is 11.9 Å². The third kappa shape index (κ3) is 5.14. The van der Waals surface area contributed by atoms with Gasteiger partial charge in [-0.25, -0.2) is 19.4 Å². The predicted octanol–water partition coefficient (Wildman–Crippen LogP) is 1.79. The second-order valence-electron chi connectivity index (χ2n) is 3.26. The Labute approximate surface area is 119 Å². The van der Waals surface area contributed by atoms with Gasteiger partial charge in [0.1, 0.15) is 5.82 Å². The molecule has 0 saturated heterocycles. The number of hydrogen-bond donors (Lipinski definition) is 2. The maximum atomic E-state index is 11.4. The number of nitrogens with zero attached hydrogens (tertiary/aromatic N) is 1. The average molecular weight is 299 g/mol. The minimum atomic E-state index is -0.638. The van der Waals surface area contributed by atoms with Crippen molar-refractivity contribution >= 4 is 35.1 Å². The molecule has 2 amide bonds. The minimum absolute atomic E-state index is 0.222. The molecule has 0 spiro atoms. The molecule has 0 aromatic carbocycles. The first-order valence-corrected chi connectivity index (χ1v) is 6.33. The second-order valence-corrected chi connectivity index (χ2v) is 4.01. The van der Waals surface area contributed by atoms with Gasteiger partial charge in [-0.2, -0.15) is 0 Å². The number of nitrogens with one attached hydrogen (secondary N) is 2. The summed E-state index contributed by atoms with van der Waals surface area (Å²) in [6.07, 6.45) is 1.26. The molecular weight excluding hydrogens is 286 g/mol. The van der Waals surface area contributed by atoms with Crippen LogP contribution in [0.3, 0.4) is 0 Å². The first kappa shape index (κ1) is 15.8. The maximum Gasteiger partial charge on any atom is 0.388 e. The normalized spacial score (nSPS) is 9.50. The van der Waals surface area contributed by atoms with Crippen molar-refractivity contribution in [2.45, 2.75) is 6.92 Å². The Morgan fingerprint density at radius 3 is 2.65 bits per heavy atom. The van der Waals surface area contributed by atoms with E-state index in [1.807, 2.05) is 0 Å². The van der Waals surface area contributed by atoms with Crippen molar-refractivity contribution in [1.29, 1.82) is 0 Å². The van der Waals surface area contributed by atoms with Crippen molar-refractivity contribution in [2.75, 3.05) is 19.0 Å². The van der Waals surface area contributed by atoms with Crippen LogP contribution in [-0.2, 0) is 9.47 Å². The van der Waals surface area contributed by atoms with Crippen molar-refractivity contribution in [3.63, 3.8) is 0 Å². The monoisotopic (exact) mass is 299 g/mol. The summed E-state index contributed by atoms with van der Waals surface area (Å²) >= 11 is 0.515. The van der Waals surface area contributed by atoms with E-state index in [2.05, 4.69) is 24.5 Å². The molecule has 0 atom stereocenters. The van der Waals surface area contributed by atoms with Crippen LogP contribution in [0.5, 0.6) is 0 Å². The molecule has 0 aliphatic heterocycles. The van der Waals surface area contributed by atoms with Crippen molar-refractivity contribution in [3.8, 4) is 0 Å². The van der Waals surface area contributed by atoms with Gasteiger partial charge in [-0.1, -0.05) is 0 Å². The van der Waals surface area contributed by atoms with Gasteiger partial charge in [0.05, 0.1) is 31.2 Å². The lowest BCUT2D eigenvalue weighted by molar-refractivity contribution is 0.0600. The zero-order valence-corrected chi connectivity index (χ0v) is 11.7. The Morgan fingerprint density at radius 2 is 2.10 bits per heavy atom. The Bertz CT molecular complexity index is 491. The molecule has 20 heavy (non-hydrogen) atoms. The standard InChI is InChI=1S/C11H13N3O5S/c1-3-19-11(17)20-14-10(16)13-8-5-4-7(6-12-8)9(15)18-2/h4-6H,3H2,1-2H3,(H2,12,13,14,16). The zero-order chi connectivity index (χ0) is 15.0. The Balaban J connectivity index is 2.46. The lowest BCUT2D eigenvalue weighted by atomic mass is 10.3. The summed E-state index contributed by atoms with van der Waals surface area (Å²) < 4.78 is 11.3. The van der Waals surface area contributed by atoms with E-state index < -0.39 is 17.3 Å². The summed E-state index contributed by atoms with van der Waals surface area (Å²) in [7, 11) is 1.26. The van der Waals surface area contributed by atoms with Crippen LogP contribution in [0.1, 0.15) is 17.3 Å². The third-order valence-corrected chi connectivity index (χ3v) is 2.49. The smallest absolute Gasteiger partial charge is 0.388 e. The molecule has 0 radical (unpaired) electrons. The van der Waals surface area contributed by atoms with Crippen molar-refractivity contribution in [2.24, 2.45) is 0 Å². The van der Waals surface area contributed by atoms with E-state index in [1.165, 1.54) is 25.4 Å². The van der Waals surface area contributed by atoms with Gasteiger partial charge >= 0.3 is 17.3 Å². The first-order valence-electron chi connectivity index (χ1n) is 5.51. The van der Waals surface area contributed by atoms with Crippen LogP contribution in [0.15, 0.2) is 18.3 Å². The number of ether oxygens (including phenoxy) is 2. The molecule has 1 rings (SSSR count). The van der Waals surface area contributed by atoms with Crippen LogP contribution in [-0.4, -0.2) is 36.0 Å². The minimum Gasteiger partial charge on any atom is -0.465 e. The number of esters is 1. The maximum absolute atomic E-state index is 11.4. The van der Waals surface area contributed by atoms with Crippen LogP contribution in [0.4, 0.5) is 15.4 Å². The highest BCUT2D eigenvalue weighted by Crippen LogP contribution is 2.07. The topological polar surface area (TPSA) is 107 Å². The van der Waals surface area contributed by atoms with Gasteiger partial charge in [0, 0.05) is 6.20 Å². The number of rotatable bonds is 3. The third-order valence-electron chi connectivity index (χ3n) is 1.92. The first-order chi connectivity index (χ1) is 9.56. The molecule has 9 heteroatoms. The lowest BCUT2D eigenvalue weighted by Crippen LogP contribution is -2.25.